The number of sulfonamides is 1. The molecule has 0 aliphatic heterocycles. The third kappa shape index (κ3) is 8.42. The van der Waals surface area contributed by atoms with Crippen LogP contribution in [0.25, 0.3) is 0 Å². The maximum Gasteiger partial charge on any atom is 0.264 e. The molecule has 0 spiro atoms. The summed E-state index contributed by atoms with van der Waals surface area (Å²) in [6.45, 7) is 3.23. The van der Waals surface area contributed by atoms with Gasteiger partial charge in [-0.2, -0.15) is 0 Å². The van der Waals surface area contributed by atoms with E-state index >= 15 is 0 Å². The number of amides is 2. The molecule has 4 aromatic carbocycles. The maximum atomic E-state index is 14.5. The van der Waals surface area contributed by atoms with Gasteiger partial charge in [-0.3, -0.25) is 13.9 Å². The normalized spacial score (nSPS) is 11.8. The van der Waals surface area contributed by atoms with Crippen LogP contribution in [0.3, 0.4) is 0 Å². The number of benzene rings is 4. The minimum atomic E-state index is -4.24. The van der Waals surface area contributed by atoms with Crippen molar-refractivity contribution in [2.45, 2.75) is 43.8 Å². The van der Waals surface area contributed by atoms with Crippen molar-refractivity contribution in [3.05, 3.63) is 120 Å². The van der Waals surface area contributed by atoms with Crippen LogP contribution >= 0.6 is 0 Å². The highest BCUT2D eigenvalue weighted by molar-refractivity contribution is 7.92. The van der Waals surface area contributed by atoms with Crippen LogP contribution in [0.5, 0.6) is 11.5 Å². The molecule has 1 N–H and O–H groups in total. The van der Waals surface area contributed by atoms with Crippen molar-refractivity contribution in [3.8, 4) is 11.5 Å². The predicted octanol–water partition coefficient (Wildman–Crippen LogP) is 5.06. The molecular formula is C35H39N3O6S. The number of rotatable bonds is 14. The number of hydrogen-bond acceptors (Lipinski definition) is 6. The molecule has 0 radical (unpaired) electrons. The number of hydrogen-bond donors (Lipinski definition) is 1. The fourth-order valence-electron chi connectivity index (χ4n) is 4.94. The van der Waals surface area contributed by atoms with Gasteiger partial charge < -0.3 is 19.7 Å². The van der Waals surface area contributed by atoms with Crippen LogP contribution in [-0.4, -0.2) is 58.0 Å². The van der Waals surface area contributed by atoms with Gasteiger partial charge in [0.2, 0.25) is 11.8 Å². The molecule has 4 aromatic rings. The standard InChI is InChI=1S/C35H39N3O6S/c1-26(2)36-35(40)31(22-27-14-8-5-9-15-27)37(24-28-16-10-6-11-17-28)34(39)25-38(45(41,42)30-18-12-7-13-19-30)29-20-21-32(43-3)33(23-29)44-4/h5-21,23,26,31H,22,24-25H2,1-4H3,(H,36,40). The molecule has 0 aliphatic rings. The Kier molecular flexibility index (Phi) is 11.2. The quantitative estimate of drug-likeness (QED) is 0.209. The molecular weight excluding hydrogens is 590 g/mol. The monoisotopic (exact) mass is 629 g/mol. The Morgan fingerprint density at radius 2 is 1.31 bits per heavy atom. The lowest BCUT2D eigenvalue weighted by atomic mass is 10.0. The highest BCUT2D eigenvalue weighted by atomic mass is 32.2. The number of nitrogens with zero attached hydrogens (tertiary/aromatic N) is 2. The van der Waals surface area contributed by atoms with Gasteiger partial charge in [0.25, 0.3) is 10.0 Å². The third-order valence-electron chi connectivity index (χ3n) is 7.16. The molecule has 0 aromatic heterocycles. The van der Waals surface area contributed by atoms with Crippen LogP contribution in [0.4, 0.5) is 5.69 Å². The summed E-state index contributed by atoms with van der Waals surface area (Å²) in [6.07, 6.45) is 0.236. The van der Waals surface area contributed by atoms with E-state index in [1.54, 1.807) is 30.3 Å². The van der Waals surface area contributed by atoms with Crippen molar-refractivity contribution in [2.24, 2.45) is 0 Å². The molecule has 4 rings (SSSR count). The zero-order valence-corrected chi connectivity index (χ0v) is 26.7. The minimum Gasteiger partial charge on any atom is -0.493 e. The van der Waals surface area contributed by atoms with E-state index in [0.717, 1.165) is 15.4 Å². The number of anilines is 1. The topological polar surface area (TPSA) is 105 Å². The van der Waals surface area contributed by atoms with E-state index in [4.69, 9.17) is 9.47 Å². The van der Waals surface area contributed by atoms with Gasteiger partial charge in [-0.25, -0.2) is 8.42 Å². The first-order valence-corrected chi connectivity index (χ1v) is 16.1. The lowest BCUT2D eigenvalue weighted by Crippen LogP contribution is -2.54. The summed E-state index contributed by atoms with van der Waals surface area (Å²) in [5.41, 5.74) is 1.86. The first kappa shape index (κ1) is 33.1. The van der Waals surface area contributed by atoms with E-state index in [9.17, 15) is 18.0 Å². The lowest BCUT2D eigenvalue weighted by Gasteiger charge is -2.34. The van der Waals surface area contributed by atoms with Crippen LogP contribution in [0.2, 0.25) is 0 Å². The van der Waals surface area contributed by atoms with Gasteiger partial charge in [-0.15, -0.1) is 0 Å². The highest BCUT2D eigenvalue weighted by Crippen LogP contribution is 2.34. The Labute approximate surface area is 265 Å². The van der Waals surface area contributed by atoms with Crippen molar-refractivity contribution in [1.29, 1.82) is 0 Å². The van der Waals surface area contributed by atoms with Crippen LogP contribution in [-0.2, 0) is 32.6 Å². The summed E-state index contributed by atoms with van der Waals surface area (Å²) >= 11 is 0. The summed E-state index contributed by atoms with van der Waals surface area (Å²) in [6, 6.07) is 30.2. The number of carbonyl (C=O) groups excluding carboxylic acids is 2. The smallest absolute Gasteiger partial charge is 0.264 e. The van der Waals surface area contributed by atoms with Gasteiger partial charge in [-0.05, 0) is 49.2 Å². The predicted molar refractivity (Wildman–Crippen MR) is 175 cm³/mol. The fraction of sp³-hybridized carbons (Fsp3) is 0.257. The maximum absolute atomic E-state index is 14.5. The molecule has 10 heteroatoms. The summed E-state index contributed by atoms with van der Waals surface area (Å²) in [5, 5.41) is 2.96. The Balaban J connectivity index is 1.82. The van der Waals surface area contributed by atoms with Gasteiger partial charge in [0.15, 0.2) is 11.5 Å². The first-order valence-electron chi connectivity index (χ1n) is 14.6. The summed E-state index contributed by atoms with van der Waals surface area (Å²) in [5.74, 6) is -0.173. The zero-order valence-electron chi connectivity index (χ0n) is 25.9. The third-order valence-corrected chi connectivity index (χ3v) is 8.95. The second-order valence-electron chi connectivity index (χ2n) is 10.7. The molecule has 0 saturated carbocycles. The number of ether oxygens (including phenoxy) is 2. The van der Waals surface area contributed by atoms with E-state index in [-0.39, 0.29) is 35.5 Å². The van der Waals surface area contributed by atoms with E-state index in [0.29, 0.717) is 11.5 Å². The van der Waals surface area contributed by atoms with Gasteiger partial charge in [-0.1, -0.05) is 78.9 Å². The zero-order chi connectivity index (χ0) is 32.4. The molecule has 0 bridgehead atoms. The molecule has 1 atom stereocenters. The van der Waals surface area contributed by atoms with Crippen molar-refractivity contribution in [1.82, 2.24) is 10.2 Å². The van der Waals surface area contributed by atoms with Crippen molar-refractivity contribution in [3.63, 3.8) is 0 Å². The highest BCUT2D eigenvalue weighted by Gasteiger charge is 2.35. The molecule has 0 saturated heterocycles. The number of carbonyl (C=O) groups is 2. The molecule has 1 unspecified atom stereocenters. The van der Waals surface area contributed by atoms with Gasteiger partial charge in [0, 0.05) is 25.1 Å². The average Bonchev–Trinajstić information content (AvgIpc) is 3.05. The molecule has 236 valence electrons. The summed E-state index contributed by atoms with van der Waals surface area (Å²) < 4.78 is 40.2. The van der Waals surface area contributed by atoms with E-state index in [2.05, 4.69) is 5.32 Å². The van der Waals surface area contributed by atoms with Crippen LogP contribution in [0.1, 0.15) is 25.0 Å². The van der Waals surface area contributed by atoms with E-state index in [1.165, 1.54) is 37.3 Å². The van der Waals surface area contributed by atoms with Crippen molar-refractivity contribution in [2.75, 3.05) is 25.1 Å². The van der Waals surface area contributed by atoms with Crippen LogP contribution < -0.4 is 19.1 Å². The average molecular weight is 630 g/mol. The first-order chi connectivity index (χ1) is 21.6. The second kappa shape index (κ2) is 15.3. The Morgan fingerprint density at radius 1 is 0.756 bits per heavy atom. The van der Waals surface area contributed by atoms with E-state index in [1.807, 2.05) is 74.5 Å². The molecule has 9 nitrogen and oxygen atoms in total. The number of methoxy groups -OCH3 is 2. The van der Waals surface area contributed by atoms with Gasteiger partial charge in [0.1, 0.15) is 12.6 Å². The van der Waals surface area contributed by atoms with Crippen LogP contribution in [0, 0.1) is 0 Å². The largest absolute Gasteiger partial charge is 0.493 e. The van der Waals surface area contributed by atoms with Crippen molar-refractivity contribution >= 4 is 27.5 Å². The fourth-order valence-corrected chi connectivity index (χ4v) is 6.37. The lowest BCUT2D eigenvalue weighted by molar-refractivity contribution is -0.140. The number of nitrogens with one attached hydrogen (secondary N) is 1. The minimum absolute atomic E-state index is 0.0144. The molecule has 0 fully saturated rings. The van der Waals surface area contributed by atoms with Gasteiger partial charge >= 0.3 is 0 Å². The van der Waals surface area contributed by atoms with E-state index < -0.39 is 28.5 Å². The summed E-state index contributed by atoms with van der Waals surface area (Å²) in [7, 11) is -1.30. The molecule has 0 aliphatic carbocycles. The molecule has 2 amide bonds. The Bertz CT molecular complexity index is 1670. The Morgan fingerprint density at radius 3 is 1.87 bits per heavy atom. The SMILES string of the molecule is COc1ccc(N(CC(=O)N(Cc2ccccc2)C(Cc2ccccc2)C(=O)NC(C)C)S(=O)(=O)c2ccccc2)cc1OC. The second-order valence-corrected chi connectivity index (χ2v) is 12.6. The molecule has 0 heterocycles. The van der Waals surface area contributed by atoms with Crippen LogP contribution in [0.15, 0.2) is 114 Å². The summed E-state index contributed by atoms with van der Waals surface area (Å²) in [4.78, 5) is 29.7. The van der Waals surface area contributed by atoms with Gasteiger partial charge in [0.05, 0.1) is 24.8 Å². The van der Waals surface area contributed by atoms with Crippen molar-refractivity contribution < 1.29 is 27.5 Å². The molecule has 45 heavy (non-hydrogen) atoms. The Hall–Kier alpha value is -4.83.